The molecule has 0 radical (unpaired) electrons. The Hall–Kier alpha value is -2.64. The molecule has 8 heteroatoms. The van der Waals surface area contributed by atoms with Gasteiger partial charge in [-0.2, -0.15) is 0 Å². The molecule has 1 aliphatic carbocycles. The summed E-state index contributed by atoms with van der Waals surface area (Å²) < 4.78 is 0. The van der Waals surface area contributed by atoms with Crippen molar-refractivity contribution < 1.29 is 4.79 Å². The summed E-state index contributed by atoms with van der Waals surface area (Å²) >= 11 is 6.34. The van der Waals surface area contributed by atoms with E-state index >= 15 is 0 Å². The highest BCUT2D eigenvalue weighted by Gasteiger charge is 2.25. The van der Waals surface area contributed by atoms with Crippen molar-refractivity contribution in [2.45, 2.75) is 50.7 Å². The van der Waals surface area contributed by atoms with Crippen molar-refractivity contribution in [1.82, 2.24) is 25.6 Å². The monoisotopic (exact) mass is 426 g/mol. The first-order chi connectivity index (χ1) is 14.5. The largest absolute Gasteiger partial charge is 0.367 e. The molecule has 1 fully saturated rings. The van der Waals surface area contributed by atoms with Gasteiger partial charge in [-0.1, -0.05) is 11.6 Å². The van der Waals surface area contributed by atoms with Gasteiger partial charge in [0.1, 0.15) is 16.6 Å². The maximum atomic E-state index is 12.2. The fourth-order valence-electron chi connectivity index (χ4n) is 4.04. The molecule has 3 heterocycles. The Morgan fingerprint density at radius 2 is 2.13 bits per heavy atom. The summed E-state index contributed by atoms with van der Waals surface area (Å²) in [6, 6.07) is 8.05. The number of nitrogens with one attached hydrogen (secondary N) is 4. The number of hydrogen-bond acceptors (Lipinski definition) is 5. The number of halogens is 1. The maximum absolute atomic E-state index is 12.2. The highest BCUT2D eigenvalue weighted by atomic mass is 35.5. The van der Waals surface area contributed by atoms with Crippen molar-refractivity contribution >= 4 is 34.4 Å². The van der Waals surface area contributed by atoms with E-state index in [9.17, 15) is 4.79 Å². The average Bonchev–Trinajstić information content (AvgIpc) is 3.17. The van der Waals surface area contributed by atoms with Gasteiger partial charge >= 0.3 is 0 Å². The zero-order valence-corrected chi connectivity index (χ0v) is 18.0. The minimum atomic E-state index is -0.193. The first kappa shape index (κ1) is 20.6. The summed E-state index contributed by atoms with van der Waals surface area (Å²) in [6.45, 7) is 1.87. The van der Waals surface area contributed by atoms with E-state index in [1.165, 1.54) is 0 Å². The van der Waals surface area contributed by atoms with Crippen molar-refractivity contribution in [1.29, 1.82) is 0 Å². The molecule has 0 spiro atoms. The Morgan fingerprint density at radius 1 is 1.30 bits per heavy atom. The Bertz CT molecular complexity index is 1040. The van der Waals surface area contributed by atoms with Crippen LogP contribution in [-0.4, -0.2) is 46.0 Å². The van der Waals surface area contributed by atoms with Crippen LogP contribution >= 0.6 is 11.6 Å². The number of likely N-dealkylation sites (N-methyl/N-ethyl adjacent to an activating group) is 1. The molecule has 1 aliphatic rings. The molecule has 30 heavy (non-hydrogen) atoms. The molecule has 3 aromatic heterocycles. The molecular formula is C22H27ClN6O. The third-order valence-electron chi connectivity index (χ3n) is 5.76. The first-order valence-corrected chi connectivity index (χ1v) is 10.8. The predicted molar refractivity (Wildman–Crippen MR) is 121 cm³/mol. The molecule has 1 amide bonds. The van der Waals surface area contributed by atoms with Gasteiger partial charge in [0.2, 0.25) is 5.91 Å². The van der Waals surface area contributed by atoms with Gasteiger partial charge in [-0.05, 0) is 69.5 Å². The third-order valence-corrected chi connectivity index (χ3v) is 5.95. The molecule has 4 rings (SSSR count). The number of aromatic nitrogens is 3. The second-order valence-electron chi connectivity index (χ2n) is 7.89. The van der Waals surface area contributed by atoms with E-state index in [2.05, 4.69) is 30.9 Å². The van der Waals surface area contributed by atoms with E-state index in [0.29, 0.717) is 5.15 Å². The fraction of sp³-hybridized carbons (Fsp3) is 0.409. The number of aromatic amines is 1. The molecule has 0 aromatic carbocycles. The minimum absolute atomic E-state index is 0.0410. The van der Waals surface area contributed by atoms with Crippen molar-refractivity contribution in [2.75, 3.05) is 12.4 Å². The highest BCUT2D eigenvalue weighted by molar-refractivity contribution is 6.29. The molecule has 3 unspecified atom stereocenters. The molecule has 0 saturated heterocycles. The lowest BCUT2D eigenvalue weighted by Gasteiger charge is -2.31. The standard InChI is InChI=1S/C22H27ClN6O/c1-13(24-2)22(30)28-16-6-3-5-15(11-16)27-20-10-14(9-19(23)29-20)18-12-26-21-17(18)7-4-8-25-21/h4,7-10,12-13,15-16,24H,3,5-6,11H2,1-2H3,(H,25,26)(H,27,29)(H,28,30). The lowest BCUT2D eigenvalue weighted by molar-refractivity contribution is -0.123. The molecule has 0 aliphatic heterocycles. The van der Waals surface area contributed by atoms with Crippen LogP contribution in [0.25, 0.3) is 22.2 Å². The van der Waals surface area contributed by atoms with Crippen molar-refractivity contribution in [2.24, 2.45) is 0 Å². The SMILES string of the molecule is CNC(C)C(=O)NC1CCCC(Nc2cc(-c3c[nH]c4ncccc34)cc(Cl)n2)C1. The van der Waals surface area contributed by atoms with Gasteiger partial charge in [-0.15, -0.1) is 0 Å². The topological polar surface area (TPSA) is 94.7 Å². The molecule has 1 saturated carbocycles. The van der Waals surface area contributed by atoms with Crippen LogP contribution in [0.3, 0.4) is 0 Å². The van der Waals surface area contributed by atoms with Crippen LogP contribution in [0.4, 0.5) is 5.82 Å². The summed E-state index contributed by atoms with van der Waals surface area (Å²) in [5, 5.41) is 11.2. The van der Waals surface area contributed by atoms with Gasteiger partial charge in [-0.25, -0.2) is 9.97 Å². The number of nitrogens with zero attached hydrogens (tertiary/aromatic N) is 2. The molecule has 0 bridgehead atoms. The van der Waals surface area contributed by atoms with E-state index in [1.54, 1.807) is 13.2 Å². The fourth-order valence-corrected chi connectivity index (χ4v) is 4.25. The number of amides is 1. The van der Waals surface area contributed by atoms with E-state index in [0.717, 1.165) is 53.7 Å². The zero-order valence-electron chi connectivity index (χ0n) is 17.2. The van der Waals surface area contributed by atoms with Crippen LogP contribution in [0.5, 0.6) is 0 Å². The first-order valence-electron chi connectivity index (χ1n) is 10.4. The summed E-state index contributed by atoms with van der Waals surface area (Å²) in [5.41, 5.74) is 2.87. The Kier molecular flexibility index (Phi) is 6.20. The van der Waals surface area contributed by atoms with Gasteiger partial charge in [0.15, 0.2) is 0 Å². The van der Waals surface area contributed by atoms with Crippen LogP contribution < -0.4 is 16.0 Å². The van der Waals surface area contributed by atoms with E-state index in [4.69, 9.17) is 11.6 Å². The maximum Gasteiger partial charge on any atom is 0.237 e. The number of carbonyl (C=O) groups excluding carboxylic acids is 1. The average molecular weight is 427 g/mol. The Morgan fingerprint density at radius 3 is 2.97 bits per heavy atom. The minimum Gasteiger partial charge on any atom is -0.367 e. The van der Waals surface area contributed by atoms with Crippen molar-refractivity contribution in [3.05, 3.63) is 41.8 Å². The van der Waals surface area contributed by atoms with Crippen molar-refractivity contribution in [3.63, 3.8) is 0 Å². The van der Waals surface area contributed by atoms with Crippen LogP contribution in [0.2, 0.25) is 5.15 Å². The van der Waals surface area contributed by atoms with Gasteiger partial charge in [-0.3, -0.25) is 4.79 Å². The lowest BCUT2D eigenvalue weighted by atomic mass is 9.90. The smallest absolute Gasteiger partial charge is 0.237 e. The quantitative estimate of drug-likeness (QED) is 0.450. The molecule has 3 aromatic rings. The van der Waals surface area contributed by atoms with Crippen molar-refractivity contribution in [3.8, 4) is 11.1 Å². The number of carbonyl (C=O) groups is 1. The summed E-state index contributed by atoms with van der Waals surface area (Å²) in [4.78, 5) is 24.2. The second kappa shape index (κ2) is 9.02. The van der Waals surface area contributed by atoms with Crippen LogP contribution in [0.15, 0.2) is 36.7 Å². The third kappa shape index (κ3) is 4.57. The van der Waals surface area contributed by atoms with Gasteiger partial charge in [0.05, 0.1) is 6.04 Å². The van der Waals surface area contributed by atoms with E-state index < -0.39 is 0 Å². The zero-order chi connectivity index (χ0) is 21.1. The Labute approximate surface area is 181 Å². The number of H-pyrrole nitrogens is 1. The number of rotatable bonds is 6. The molecular weight excluding hydrogens is 400 g/mol. The predicted octanol–water partition coefficient (Wildman–Crippen LogP) is 3.73. The lowest BCUT2D eigenvalue weighted by Crippen LogP contribution is -2.48. The summed E-state index contributed by atoms with van der Waals surface area (Å²) in [5.74, 6) is 0.788. The normalized spacial score (nSPS) is 20.1. The van der Waals surface area contributed by atoms with Gasteiger partial charge < -0.3 is 20.9 Å². The number of pyridine rings is 2. The summed E-state index contributed by atoms with van der Waals surface area (Å²) in [7, 11) is 1.79. The summed E-state index contributed by atoms with van der Waals surface area (Å²) in [6.07, 6.45) is 7.67. The van der Waals surface area contributed by atoms with Crippen LogP contribution in [0.1, 0.15) is 32.6 Å². The van der Waals surface area contributed by atoms with E-state index in [1.807, 2.05) is 37.4 Å². The van der Waals surface area contributed by atoms with Gasteiger partial charge in [0.25, 0.3) is 0 Å². The Balaban J connectivity index is 1.49. The molecule has 7 nitrogen and oxygen atoms in total. The van der Waals surface area contributed by atoms with Crippen LogP contribution in [-0.2, 0) is 4.79 Å². The number of fused-ring (bicyclic) bond motifs is 1. The van der Waals surface area contributed by atoms with E-state index in [-0.39, 0.29) is 24.0 Å². The molecule has 3 atom stereocenters. The highest BCUT2D eigenvalue weighted by Crippen LogP contribution is 2.31. The molecule has 4 N–H and O–H groups in total. The van der Waals surface area contributed by atoms with Gasteiger partial charge in [0, 0.05) is 35.4 Å². The second-order valence-corrected chi connectivity index (χ2v) is 8.28. The number of anilines is 1. The number of hydrogen-bond donors (Lipinski definition) is 4. The van der Waals surface area contributed by atoms with Crippen LogP contribution in [0, 0.1) is 0 Å². The molecule has 158 valence electrons.